The standard InChI is InChI=1S/C9H8N2.3C2H6/c1-7-2-3-9-8(4-7)5-10-6-11-9;3*1-2/h2-6H,1H3;3*1-2H3. The van der Waals surface area contributed by atoms with Gasteiger partial charge in [-0.2, -0.15) is 0 Å². The molecule has 0 saturated heterocycles. The summed E-state index contributed by atoms with van der Waals surface area (Å²) in [7, 11) is 0. The third-order valence-electron chi connectivity index (χ3n) is 1.66. The van der Waals surface area contributed by atoms with Crippen LogP contribution in [-0.4, -0.2) is 9.97 Å². The van der Waals surface area contributed by atoms with Gasteiger partial charge in [0.2, 0.25) is 0 Å². The highest BCUT2D eigenvalue weighted by Crippen LogP contribution is 2.10. The molecule has 0 N–H and O–H groups in total. The molecule has 17 heavy (non-hydrogen) atoms. The summed E-state index contributed by atoms with van der Waals surface area (Å²) in [5.74, 6) is 0. The fraction of sp³-hybridized carbons (Fsp3) is 0.467. The molecule has 0 spiro atoms. The van der Waals surface area contributed by atoms with E-state index in [0.29, 0.717) is 0 Å². The molecule has 0 aliphatic rings. The van der Waals surface area contributed by atoms with Gasteiger partial charge in [0.15, 0.2) is 0 Å². The second-order valence-corrected chi connectivity index (χ2v) is 2.59. The third kappa shape index (κ3) is 6.67. The van der Waals surface area contributed by atoms with Crippen molar-refractivity contribution in [3.8, 4) is 0 Å². The second kappa shape index (κ2) is 12.6. The van der Waals surface area contributed by atoms with Crippen LogP contribution in [0.2, 0.25) is 0 Å². The summed E-state index contributed by atoms with van der Waals surface area (Å²) in [4.78, 5) is 8.05. The van der Waals surface area contributed by atoms with Crippen LogP contribution in [0.3, 0.4) is 0 Å². The minimum absolute atomic E-state index is 1.01. The van der Waals surface area contributed by atoms with Crippen molar-refractivity contribution in [2.24, 2.45) is 0 Å². The Morgan fingerprint density at radius 3 is 2.06 bits per heavy atom. The predicted octanol–water partition coefficient (Wildman–Crippen LogP) is 5.02. The number of hydrogen-bond acceptors (Lipinski definition) is 2. The Morgan fingerprint density at radius 1 is 0.882 bits per heavy atom. The van der Waals surface area contributed by atoms with E-state index in [2.05, 4.69) is 29.0 Å². The van der Waals surface area contributed by atoms with Crippen LogP contribution < -0.4 is 0 Å². The zero-order chi connectivity index (χ0) is 13.7. The lowest BCUT2D eigenvalue weighted by Gasteiger charge is -1.95. The number of rotatable bonds is 0. The van der Waals surface area contributed by atoms with Crippen LogP contribution in [0.15, 0.2) is 30.7 Å². The summed E-state index contributed by atoms with van der Waals surface area (Å²) in [5.41, 5.74) is 2.25. The van der Waals surface area contributed by atoms with Gasteiger partial charge in [-0.1, -0.05) is 53.2 Å². The molecule has 2 rings (SSSR count). The smallest absolute Gasteiger partial charge is 0.116 e. The lowest BCUT2D eigenvalue weighted by Crippen LogP contribution is -1.80. The van der Waals surface area contributed by atoms with Crippen molar-refractivity contribution < 1.29 is 0 Å². The Hall–Kier alpha value is -1.44. The Balaban J connectivity index is 0. The van der Waals surface area contributed by atoms with E-state index in [9.17, 15) is 0 Å². The largest absolute Gasteiger partial charge is 0.244 e. The first-order chi connectivity index (χ1) is 8.36. The molecule has 1 aromatic carbocycles. The van der Waals surface area contributed by atoms with Gasteiger partial charge in [0, 0.05) is 11.6 Å². The van der Waals surface area contributed by atoms with Crippen LogP contribution in [-0.2, 0) is 0 Å². The van der Waals surface area contributed by atoms with Crippen molar-refractivity contribution in [2.75, 3.05) is 0 Å². The zero-order valence-corrected chi connectivity index (χ0v) is 12.3. The number of aryl methyl sites for hydroxylation is 1. The molecule has 0 saturated carbocycles. The third-order valence-corrected chi connectivity index (χ3v) is 1.66. The van der Waals surface area contributed by atoms with Crippen molar-refractivity contribution in [1.29, 1.82) is 0 Å². The zero-order valence-electron chi connectivity index (χ0n) is 12.3. The van der Waals surface area contributed by atoms with E-state index in [1.807, 2.05) is 53.8 Å². The van der Waals surface area contributed by atoms with E-state index >= 15 is 0 Å². The summed E-state index contributed by atoms with van der Waals surface area (Å²) < 4.78 is 0. The van der Waals surface area contributed by atoms with Gasteiger partial charge in [0.05, 0.1) is 5.52 Å². The molecular weight excluding hydrogens is 208 g/mol. The summed E-state index contributed by atoms with van der Waals surface area (Å²) in [6.07, 6.45) is 3.40. The maximum atomic E-state index is 4.11. The van der Waals surface area contributed by atoms with Gasteiger partial charge in [-0.3, -0.25) is 0 Å². The van der Waals surface area contributed by atoms with Gasteiger partial charge in [-0.15, -0.1) is 0 Å². The number of hydrogen-bond donors (Lipinski definition) is 0. The number of fused-ring (bicyclic) bond motifs is 1. The second-order valence-electron chi connectivity index (χ2n) is 2.59. The van der Waals surface area contributed by atoms with Crippen molar-refractivity contribution in [1.82, 2.24) is 9.97 Å². The SMILES string of the molecule is CC.CC.CC.Cc1ccc2ncncc2c1. The van der Waals surface area contributed by atoms with Crippen LogP contribution >= 0.6 is 0 Å². The summed E-state index contributed by atoms with van der Waals surface area (Å²) in [6, 6.07) is 6.14. The van der Waals surface area contributed by atoms with Gasteiger partial charge in [-0.25, -0.2) is 9.97 Å². The molecule has 0 aliphatic heterocycles. The van der Waals surface area contributed by atoms with Crippen LogP contribution in [0.25, 0.3) is 10.9 Å². The van der Waals surface area contributed by atoms with Crippen molar-refractivity contribution in [3.63, 3.8) is 0 Å². The predicted molar refractivity (Wildman–Crippen MR) is 78.3 cm³/mol. The molecule has 0 atom stereocenters. The van der Waals surface area contributed by atoms with Crippen LogP contribution in [0.5, 0.6) is 0 Å². The van der Waals surface area contributed by atoms with Crippen molar-refractivity contribution >= 4 is 10.9 Å². The molecule has 96 valence electrons. The quantitative estimate of drug-likeness (QED) is 0.640. The lowest BCUT2D eigenvalue weighted by atomic mass is 10.2. The van der Waals surface area contributed by atoms with Gasteiger partial charge < -0.3 is 0 Å². The average Bonchev–Trinajstić information content (AvgIpc) is 2.45. The minimum atomic E-state index is 1.01. The summed E-state index contributed by atoms with van der Waals surface area (Å²) >= 11 is 0. The molecular formula is C15H26N2. The Bertz CT molecular complexity index is 383. The average molecular weight is 234 g/mol. The first-order valence-corrected chi connectivity index (χ1v) is 6.52. The number of benzene rings is 1. The highest BCUT2D eigenvalue weighted by Gasteiger charge is 1.91. The van der Waals surface area contributed by atoms with Gasteiger partial charge in [0.1, 0.15) is 6.33 Å². The number of nitrogens with zero attached hydrogens (tertiary/aromatic N) is 2. The molecule has 1 heterocycles. The highest BCUT2D eigenvalue weighted by molar-refractivity contribution is 5.77. The lowest BCUT2D eigenvalue weighted by molar-refractivity contribution is 1.22. The molecule has 0 radical (unpaired) electrons. The molecule has 0 aliphatic carbocycles. The van der Waals surface area contributed by atoms with Crippen LogP contribution in [0, 0.1) is 6.92 Å². The Kier molecular flexibility index (Phi) is 13.3. The van der Waals surface area contributed by atoms with E-state index in [1.165, 1.54) is 5.56 Å². The highest BCUT2D eigenvalue weighted by atomic mass is 14.8. The molecule has 2 aromatic rings. The number of aromatic nitrogens is 2. The minimum Gasteiger partial charge on any atom is -0.244 e. The Morgan fingerprint density at radius 2 is 1.47 bits per heavy atom. The fourth-order valence-electron chi connectivity index (χ4n) is 1.10. The molecule has 0 unspecified atom stereocenters. The van der Waals surface area contributed by atoms with E-state index in [0.717, 1.165) is 10.9 Å². The maximum Gasteiger partial charge on any atom is 0.116 e. The van der Waals surface area contributed by atoms with Gasteiger partial charge >= 0.3 is 0 Å². The maximum absolute atomic E-state index is 4.11. The summed E-state index contributed by atoms with van der Waals surface area (Å²) in [6.45, 7) is 14.1. The fourth-order valence-corrected chi connectivity index (χ4v) is 1.10. The van der Waals surface area contributed by atoms with Crippen molar-refractivity contribution in [3.05, 3.63) is 36.3 Å². The topological polar surface area (TPSA) is 25.8 Å². The van der Waals surface area contributed by atoms with Crippen molar-refractivity contribution in [2.45, 2.75) is 48.5 Å². The van der Waals surface area contributed by atoms with Gasteiger partial charge in [-0.05, 0) is 19.1 Å². The van der Waals surface area contributed by atoms with Crippen LogP contribution in [0.4, 0.5) is 0 Å². The van der Waals surface area contributed by atoms with E-state index in [-0.39, 0.29) is 0 Å². The van der Waals surface area contributed by atoms with Gasteiger partial charge in [0.25, 0.3) is 0 Å². The van der Waals surface area contributed by atoms with E-state index < -0.39 is 0 Å². The molecule has 0 amide bonds. The molecule has 2 heteroatoms. The molecule has 0 bridgehead atoms. The normalized spacial score (nSPS) is 7.71. The van der Waals surface area contributed by atoms with Crippen LogP contribution in [0.1, 0.15) is 47.1 Å². The van der Waals surface area contributed by atoms with E-state index in [1.54, 1.807) is 6.33 Å². The van der Waals surface area contributed by atoms with E-state index in [4.69, 9.17) is 0 Å². The molecule has 1 aromatic heterocycles. The monoisotopic (exact) mass is 234 g/mol. The first kappa shape index (κ1) is 17.9. The molecule has 0 fully saturated rings. The first-order valence-electron chi connectivity index (χ1n) is 6.52. The molecule has 2 nitrogen and oxygen atoms in total. The summed E-state index contributed by atoms with van der Waals surface area (Å²) in [5, 5.41) is 1.10. The Labute approximate surface area is 106 Å².